The van der Waals surface area contributed by atoms with Crippen LogP contribution in [0.4, 0.5) is 11.4 Å². The Bertz CT molecular complexity index is 1880. The molecule has 0 aliphatic carbocycles. The second kappa shape index (κ2) is 15.5. The minimum atomic E-state index is -0.592. The molecule has 5 aromatic carbocycles. The molecule has 1 unspecified atom stereocenters. The number of nitrogens with one attached hydrogen (secondary N) is 3. The normalized spacial score (nSPS) is 11.8. The van der Waals surface area contributed by atoms with Gasteiger partial charge in [0, 0.05) is 21.2 Å². The summed E-state index contributed by atoms with van der Waals surface area (Å²) < 4.78 is 0. The molecule has 0 aliphatic heterocycles. The summed E-state index contributed by atoms with van der Waals surface area (Å²) in [5, 5.41) is 8.78. The zero-order valence-electron chi connectivity index (χ0n) is 24.7. The van der Waals surface area contributed by atoms with Gasteiger partial charge in [-0.15, -0.1) is 11.8 Å². The van der Waals surface area contributed by atoms with E-state index in [1.165, 1.54) is 11.8 Å². The van der Waals surface area contributed by atoms with E-state index in [1.807, 2.05) is 79.7 Å². The van der Waals surface area contributed by atoms with E-state index in [0.717, 1.165) is 21.6 Å². The largest absolute Gasteiger partial charge is 0.323 e. The zero-order valence-corrected chi connectivity index (χ0v) is 27.0. The number of rotatable bonds is 10. The first-order valence-corrected chi connectivity index (χ1v) is 15.9. The number of thioether (sulfide) groups is 1. The number of aryl methyl sites for hydroxylation is 1. The SMILES string of the molecule is Cc1ccccc1/C=C(\NC(=O)c1ccccc1)C(=O)Nc1ccc(SC(C(=O)Nc2ccc(Cl)cc2Cl)c2ccccc2)cc1. The quantitative estimate of drug-likeness (QED) is 0.103. The van der Waals surface area contributed by atoms with Crippen molar-refractivity contribution < 1.29 is 14.4 Å². The highest BCUT2D eigenvalue weighted by atomic mass is 35.5. The van der Waals surface area contributed by atoms with Crippen molar-refractivity contribution in [1.29, 1.82) is 0 Å². The van der Waals surface area contributed by atoms with Crippen LogP contribution in [0.3, 0.4) is 0 Å². The summed E-state index contributed by atoms with van der Waals surface area (Å²) >= 11 is 13.7. The van der Waals surface area contributed by atoms with E-state index in [9.17, 15) is 14.4 Å². The van der Waals surface area contributed by atoms with E-state index in [2.05, 4.69) is 16.0 Å². The van der Waals surface area contributed by atoms with Gasteiger partial charge in [0.25, 0.3) is 11.8 Å². The molecule has 0 saturated carbocycles. The summed E-state index contributed by atoms with van der Waals surface area (Å²) in [6.45, 7) is 1.93. The van der Waals surface area contributed by atoms with Gasteiger partial charge < -0.3 is 16.0 Å². The number of amides is 3. The monoisotopic (exact) mass is 665 g/mol. The van der Waals surface area contributed by atoms with Gasteiger partial charge in [0.2, 0.25) is 5.91 Å². The third-order valence-electron chi connectivity index (χ3n) is 6.91. The van der Waals surface area contributed by atoms with Crippen LogP contribution in [0.2, 0.25) is 10.0 Å². The number of hydrogen-bond donors (Lipinski definition) is 3. The van der Waals surface area contributed by atoms with Crippen molar-refractivity contribution in [2.24, 2.45) is 0 Å². The highest BCUT2D eigenvalue weighted by Crippen LogP contribution is 2.37. The van der Waals surface area contributed by atoms with Crippen LogP contribution >= 0.6 is 35.0 Å². The van der Waals surface area contributed by atoms with Gasteiger partial charge >= 0.3 is 0 Å². The summed E-state index contributed by atoms with van der Waals surface area (Å²) in [6, 6.07) is 37.8. The van der Waals surface area contributed by atoms with Crippen molar-refractivity contribution >= 4 is 70.1 Å². The topological polar surface area (TPSA) is 87.3 Å². The number of carbonyl (C=O) groups is 3. The summed E-state index contributed by atoms with van der Waals surface area (Å²) in [6.07, 6.45) is 1.66. The summed E-state index contributed by atoms with van der Waals surface area (Å²) in [5.74, 6) is -1.13. The van der Waals surface area contributed by atoms with Crippen LogP contribution in [0.1, 0.15) is 32.3 Å². The predicted octanol–water partition coefficient (Wildman–Crippen LogP) is 9.18. The van der Waals surface area contributed by atoms with E-state index in [4.69, 9.17) is 23.2 Å². The van der Waals surface area contributed by atoms with Crippen molar-refractivity contribution in [3.05, 3.63) is 165 Å². The molecule has 3 N–H and O–H groups in total. The number of carbonyl (C=O) groups excluding carboxylic acids is 3. The zero-order chi connectivity index (χ0) is 32.5. The molecular weight excluding hydrogens is 637 g/mol. The number of anilines is 2. The Kier molecular flexibility index (Phi) is 10.9. The Morgan fingerprint density at radius 3 is 2.07 bits per heavy atom. The van der Waals surface area contributed by atoms with Crippen molar-refractivity contribution in [2.45, 2.75) is 17.1 Å². The fourth-order valence-electron chi connectivity index (χ4n) is 4.49. The van der Waals surface area contributed by atoms with Crippen LogP contribution in [0.15, 0.2) is 138 Å². The molecule has 0 saturated heterocycles. The van der Waals surface area contributed by atoms with Gasteiger partial charge in [0.05, 0.1) is 10.7 Å². The predicted molar refractivity (Wildman–Crippen MR) is 188 cm³/mol. The molecule has 0 spiro atoms. The second-order valence-corrected chi connectivity index (χ2v) is 12.3. The van der Waals surface area contributed by atoms with Crippen LogP contribution < -0.4 is 16.0 Å². The number of hydrogen-bond acceptors (Lipinski definition) is 4. The minimum absolute atomic E-state index is 0.100. The summed E-state index contributed by atoms with van der Waals surface area (Å²) in [4.78, 5) is 40.7. The lowest BCUT2D eigenvalue weighted by Gasteiger charge is -2.18. The van der Waals surface area contributed by atoms with Gasteiger partial charge in [-0.1, -0.05) is 96.0 Å². The lowest BCUT2D eigenvalue weighted by atomic mass is 10.1. The molecule has 0 bridgehead atoms. The van der Waals surface area contributed by atoms with Crippen LogP contribution in [0.25, 0.3) is 6.08 Å². The van der Waals surface area contributed by atoms with E-state index in [-0.39, 0.29) is 11.6 Å². The number of benzene rings is 5. The first-order valence-electron chi connectivity index (χ1n) is 14.3. The molecule has 0 heterocycles. The Hall–Kier alpha value is -4.82. The van der Waals surface area contributed by atoms with Crippen LogP contribution in [-0.2, 0) is 9.59 Å². The molecule has 0 radical (unpaired) electrons. The van der Waals surface area contributed by atoms with Crippen molar-refractivity contribution in [3.8, 4) is 0 Å². The highest BCUT2D eigenvalue weighted by Gasteiger charge is 2.23. The van der Waals surface area contributed by atoms with Crippen molar-refractivity contribution in [3.63, 3.8) is 0 Å². The average Bonchev–Trinajstić information content (AvgIpc) is 3.07. The van der Waals surface area contributed by atoms with Crippen molar-refractivity contribution in [1.82, 2.24) is 5.32 Å². The molecule has 6 nitrogen and oxygen atoms in total. The maximum absolute atomic E-state index is 13.5. The maximum atomic E-state index is 13.5. The number of halogens is 2. The minimum Gasteiger partial charge on any atom is -0.323 e. The molecule has 5 rings (SSSR count). The summed E-state index contributed by atoms with van der Waals surface area (Å²) in [7, 11) is 0. The Balaban J connectivity index is 1.33. The molecule has 0 aromatic heterocycles. The fourth-order valence-corrected chi connectivity index (χ4v) is 5.97. The van der Waals surface area contributed by atoms with Gasteiger partial charge in [-0.05, 0) is 84.3 Å². The lowest BCUT2D eigenvalue weighted by Crippen LogP contribution is -2.30. The van der Waals surface area contributed by atoms with Crippen LogP contribution in [-0.4, -0.2) is 17.7 Å². The van der Waals surface area contributed by atoms with E-state index in [0.29, 0.717) is 27.0 Å². The highest BCUT2D eigenvalue weighted by molar-refractivity contribution is 8.00. The first-order chi connectivity index (χ1) is 22.3. The Morgan fingerprint density at radius 2 is 1.39 bits per heavy atom. The standard InChI is InChI=1S/C37H29Cl2N3O3S/c1-24-10-8-9-15-27(24)22-33(42-35(43)26-13-6-3-7-14-26)36(44)40-29-17-19-30(20-18-29)46-34(25-11-4-2-5-12-25)37(45)41-32-21-16-28(38)23-31(32)39/h2-23,34H,1H3,(H,40,44)(H,41,45)(H,42,43)/b33-22-. The molecule has 46 heavy (non-hydrogen) atoms. The molecule has 230 valence electrons. The van der Waals surface area contributed by atoms with Crippen LogP contribution in [0.5, 0.6) is 0 Å². The van der Waals surface area contributed by atoms with E-state index >= 15 is 0 Å². The first kappa shape index (κ1) is 32.6. The molecule has 5 aromatic rings. The van der Waals surface area contributed by atoms with Crippen LogP contribution in [0, 0.1) is 6.92 Å². The molecule has 0 fully saturated rings. The average molecular weight is 667 g/mol. The van der Waals surface area contributed by atoms with Gasteiger partial charge in [-0.25, -0.2) is 0 Å². The fraction of sp³-hybridized carbons (Fsp3) is 0.0541. The molecule has 3 amide bonds. The summed E-state index contributed by atoms with van der Waals surface area (Å²) in [5.41, 5.74) is 4.09. The third-order valence-corrected chi connectivity index (χ3v) is 8.73. The smallest absolute Gasteiger partial charge is 0.272 e. The third kappa shape index (κ3) is 8.67. The Morgan fingerprint density at radius 1 is 0.739 bits per heavy atom. The molecule has 9 heteroatoms. The van der Waals surface area contributed by atoms with Gasteiger partial charge in [0.15, 0.2) is 0 Å². The molecule has 1 atom stereocenters. The van der Waals surface area contributed by atoms with Gasteiger partial charge in [0.1, 0.15) is 10.9 Å². The van der Waals surface area contributed by atoms with Gasteiger partial charge in [-0.2, -0.15) is 0 Å². The van der Waals surface area contributed by atoms with Crippen molar-refractivity contribution in [2.75, 3.05) is 10.6 Å². The van der Waals surface area contributed by atoms with E-state index < -0.39 is 17.1 Å². The van der Waals surface area contributed by atoms with Gasteiger partial charge in [-0.3, -0.25) is 14.4 Å². The second-order valence-electron chi connectivity index (χ2n) is 10.2. The van der Waals surface area contributed by atoms with E-state index in [1.54, 1.807) is 60.7 Å². The molecular formula is C37H29Cl2N3O3S. The maximum Gasteiger partial charge on any atom is 0.272 e. The Labute approximate surface area is 281 Å². The lowest BCUT2D eigenvalue weighted by molar-refractivity contribution is -0.116. The molecule has 0 aliphatic rings.